The molecule has 50 heavy (non-hydrogen) atoms. The maximum Gasteiger partial charge on any atom is 0.306 e. The Hall–Kier alpha value is -1.44. The monoisotopic (exact) mass is 699 g/mol. The van der Waals surface area contributed by atoms with E-state index in [0.717, 1.165) is 107 Å². The van der Waals surface area contributed by atoms with Crippen molar-refractivity contribution in [2.24, 2.45) is 57.8 Å². The van der Waals surface area contributed by atoms with Crippen LogP contribution >= 0.6 is 0 Å². The van der Waals surface area contributed by atoms with Crippen molar-refractivity contribution in [1.82, 2.24) is 10.2 Å². The lowest BCUT2D eigenvalue weighted by Gasteiger charge is -2.58. The van der Waals surface area contributed by atoms with Crippen molar-refractivity contribution < 1.29 is 14.3 Å². The van der Waals surface area contributed by atoms with Gasteiger partial charge in [0.1, 0.15) is 6.10 Å². The third kappa shape index (κ3) is 10.8. The minimum absolute atomic E-state index is 0.00737. The van der Waals surface area contributed by atoms with Crippen LogP contribution in [0.1, 0.15) is 157 Å². The molecule has 0 aliphatic heterocycles. The number of nitrogens with zero attached hydrogens (tertiary/aromatic N) is 1. The van der Waals surface area contributed by atoms with Crippen LogP contribution < -0.4 is 16.8 Å². The number of allylic oxidation sites excluding steroid dienone is 1. The molecule has 3 saturated carbocycles. The van der Waals surface area contributed by atoms with E-state index in [1.165, 1.54) is 51.4 Å². The summed E-state index contributed by atoms with van der Waals surface area (Å²) in [5.74, 6) is 5.14. The molecule has 288 valence electrons. The summed E-state index contributed by atoms with van der Waals surface area (Å²) in [5, 5.41) is 3.41. The van der Waals surface area contributed by atoms with Crippen molar-refractivity contribution in [1.29, 1.82) is 0 Å². The highest BCUT2D eigenvalue weighted by Gasteiger charge is 2.59. The summed E-state index contributed by atoms with van der Waals surface area (Å²) in [7, 11) is 0. The molecule has 8 unspecified atom stereocenters. The third-order valence-corrected chi connectivity index (χ3v) is 14.2. The van der Waals surface area contributed by atoms with Crippen LogP contribution in [0.15, 0.2) is 11.6 Å². The second kappa shape index (κ2) is 20.1. The van der Waals surface area contributed by atoms with Gasteiger partial charge in [0.25, 0.3) is 0 Å². The van der Waals surface area contributed by atoms with Crippen molar-refractivity contribution in [2.45, 2.75) is 163 Å². The topological polar surface area (TPSA) is 111 Å². The summed E-state index contributed by atoms with van der Waals surface area (Å²) in [5.41, 5.74) is 13.7. The van der Waals surface area contributed by atoms with Crippen LogP contribution in [0.25, 0.3) is 0 Å². The number of esters is 1. The van der Waals surface area contributed by atoms with Crippen molar-refractivity contribution >= 4 is 11.9 Å². The minimum atomic E-state index is -0.0876. The molecule has 0 radical (unpaired) electrons. The SMILES string of the molecule is CC(C)CCCC(C)C1CCC2C3CC=C4CC(OC(=O)CCCCC(=O)N(CCCN)CCCCNCCCN)CCC4(C)C3CCC12C. The largest absolute Gasteiger partial charge is 0.462 e. The molecular weight excluding hydrogens is 620 g/mol. The van der Waals surface area contributed by atoms with Gasteiger partial charge in [0.2, 0.25) is 5.91 Å². The van der Waals surface area contributed by atoms with E-state index in [2.05, 4.69) is 46.0 Å². The number of unbranched alkanes of at least 4 members (excludes halogenated alkanes) is 2. The highest BCUT2D eigenvalue weighted by Crippen LogP contribution is 2.67. The molecule has 1 amide bonds. The van der Waals surface area contributed by atoms with E-state index < -0.39 is 0 Å². The van der Waals surface area contributed by atoms with Crippen molar-refractivity contribution in [3.8, 4) is 0 Å². The van der Waals surface area contributed by atoms with Gasteiger partial charge in [0.15, 0.2) is 0 Å². The highest BCUT2D eigenvalue weighted by molar-refractivity contribution is 5.76. The first-order valence-corrected chi connectivity index (χ1v) is 21.3. The fraction of sp³-hybridized carbons (Fsp3) is 0.907. The van der Waals surface area contributed by atoms with Gasteiger partial charge in [-0.1, -0.05) is 65.5 Å². The third-order valence-electron chi connectivity index (χ3n) is 14.2. The summed E-state index contributed by atoms with van der Waals surface area (Å²) >= 11 is 0. The molecule has 4 aliphatic carbocycles. The molecular formula is C43H78N4O3. The number of rotatable bonds is 22. The number of fused-ring (bicyclic) bond motifs is 5. The van der Waals surface area contributed by atoms with Crippen LogP contribution in [0.2, 0.25) is 0 Å². The Labute approximate surface area is 307 Å². The second-order valence-electron chi connectivity index (χ2n) is 18.0. The molecule has 3 fully saturated rings. The number of ether oxygens (including phenoxy) is 1. The van der Waals surface area contributed by atoms with Crippen LogP contribution in [-0.2, 0) is 14.3 Å². The van der Waals surface area contributed by atoms with E-state index in [0.29, 0.717) is 44.3 Å². The average Bonchev–Trinajstić information content (AvgIpc) is 3.44. The molecule has 8 atom stereocenters. The van der Waals surface area contributed by atoms with Gasteiger partial charge in [0.05, 0.1) is 0 Å². The Kier molecular flexibility index (Phi) is 16.6. The Morgan fingerprint density at radius 1 is 0.860 bits per heavy atom. The zero-order valence-corrected chi connectivity index (χ0v) is 33.1. The van der Waals surface area contributed by atoms with E-state index in [4.69, 9.17) is 16.2 Å². The summed E-state index contributed by atoms with van der Waals surface area (Å²) in [6, 6.07) is 0. The van der Waals surface area contributed by atoms with Gasteiger partial charge < -0.3 is 26.4 Å². The number of hydrogen-bond donors (Lipinski definition) is 3. The first kappa shape index (κ1) is 41.3. The molecule has 4 rings (SSSR count). The van der Waals surface area contributed by atoms with E-state index in [9.17, 15) is 9.59 Å². The number of amides is 1. The standard InChI is InChI=1S/C43H78N4O3/c1-32(2)13-10-14-33(3)37-19-20-38-36-18-17-34-31-35(21-23-42(34,4)39(36)22-24-43(37,38)5)50-41(49)16-7-6-15-40(48)47(30-12-26-45)29-9-8-27-46-28-11-25-44/h17,32-33,35-39,46H,6-16,18-31,44-45H2,1-5H3. The molecule has 7 nitrogen and oxygen atoms in total. The number of carbonyl (C=O) groups excluding carboxylic acids is 2. The Bertz CT molecular complexity index is 1080. The molecule has 0 aromatic carbocycles. The summed E-state index contributed by atoms with van der Waals surface area (Å²) < 4.78 is 6.10. The van der Waals surface area contributed by atoms with Gasteiger partial charge in [-0.3, -0.25) is 9.59 Å². The van der Waals surface area contributed by atoms with E-state index in [1.807, 2.05) is 4.90 Å². The smallest absolute Gasteiger partial charge is 0.306 e. The lowest BCUT2D eigenvalue weighted by Crippen LogP contribution is -2.51. The Morgan fingerprint density at radius 2 is 1.60 bits per heavy atom. The summed E-state index contributed by atoms with van der Waals surface area (Å²) in [6.45, 7) is 17.2. The number of hydrogen-bond acceptors (Lipinski definition) is 6. The van der Waals surface area contributed by atoms with Crippen molar-refractivity contribution in [2.75, 3.05) is 39.3 Å². The molecule has 5 N–H and O–H groups in total. The normalized spacial score (nSPS) is 31.0. The average molecular weight is 699 g/mol. The quantitative estimate of drug-likeness (QED) is 0.0595. The molecule has 0 saturated heterocycles. The van der Waals surface area contributed by atoms with Crippen LogP contribution in [-0.4, -0.2) is 62.1 Å². The first-order valence-electron chi connectivity index (χ1n) is 21.3. The fourth-order valence-electron chi connectivity index (χ4n) is 11.2. The van der Waals surface area contributed by atoms with Crippen molar-refractivity contribution in [3.63, 3.8) is 0 Å². The van der Waals surface area contributed by atoms with Gasteiger partial charge >= 0.3 is 5.97 Å². The highest BCUT2D eigenvalue weighted by atomic mass is 16.5. The maximum absolute atomic E-state index is 13.0. The predicted octanol–water partition coefficient (Wildman–Crippen LogP) is 8.40. The molecule has 0 aromatic rings. The number of nitrogens with one attached hydrogen (secondary N) is 1. The van der Waals surface area contributed by atoms with E-state index in [1.54, 1.807) is 5.57 Å². The zero-order valence-electron chi connectivity index (χ0n) is 33.1. The number of nitrogens with two attached hydrogens (primary N) is 2. The van der Waals surface area contributed by atoms with Crippen LogP contribution in [0.3, 0.4) is 0 Å². The van der Waals surface area contributed by atoms with Gasteiger partial charge in [-0.15, -0.1) is 0 Å². The second-order valence-corrected chi connectivity index (χ2v) is 18.0. The predicted molar refractivity (Wildman–Crippen MR) is 207 cm³/mol. The first-order chi connectivity index (χ1) is 24.0. The van der Waals surface area contributed by atoms with Gasteiger partial charge in [0, 0.05) is 32.4 Å². The lowest BCUT2D eigenvalue weighted by atomic mass is 9.47. The maximum atomic E-state index is 13.0. The van der Waals surface area contributed by atoms with E-state index >= 15 is 0 Å². The molecule has 7 heteroatoms. The van der Waals surface area contributed by atoms with Crippen molar-refractivity contribution in [3.05, 3.63) is 11.6 Å². The van der Waals surface area contributed by atoms with Crippen LogP contribution in [0.4, 0.5) is 0 Å². The van der Waals surface area contributed by atoms with Crippen LogP contribution in [0, 0.1) is 46.3 Å². The lowest BCUT2D eigenvalue weighted by molar-refractivity contribution is -0.151. The van der Waals surface area contributed by atoms with Gasteiger partial charge in [-0.25, -0.2) is 0 Å². The summed E-state index contributed by atoms with van der Waals surface area (Å²) in [4.78, 5) is 27.9. The van der Waals surface area contributed by atoms with E-state index in [-0.39, 0.29) is 23.4 Å². The Balaban J connectivity index is 1.19. The summed E-state index contributed by atoms with van der Waals surface area (Å²) in [6.07, 6.45) is 22.9. The molecule has 4 aliphatic rings. The zero-order chi connectivity index (χ0) is 36.1. The molecule has 0 spiro atoms. The molecule has 0 aromatic heterocycles. The molecule has 0 bridgehead atoms. The fourth-order valence-corrected chi connectivity index (χ4v) is 11.2. The number of carbonyl (C=O) groups is 2. The minimum Gasteiger partial charge on any atom is -0.462 e. The van der Waals surface area contributed by atoms with Gasteiger partial charge in [-0.05, 0) is 156 Å². The molecule has 0 heterocycles. The van der Waals surface area contributed by atoms with Crippen LogP contribution in [0.5, 0.6) is 0 Å². The Morgan fingerprint density at radius 3 is 2.36 bits per heavy atom. The van der Waals surface area contributed by atoms with Gasteiger partial charge in [-0.2, -0.15) is 0 Å².